The molecular weight excluding hydrogens is 170 g/mol. The molecule has 1 aliphatic heterocycles. The summed E-state index contributed by atoms with van der Waals surface area (Å²) < 4.78 is 0. The molecule has 1 heterocycles. The average Bonchev–Trinajstić information content (AvgIpc) is 2.47. The lowest BCUT2D eigenvalue weighted by Crippen LogP contribution is -2.84. The van der Waals surface area contributed by atoms with E-state index in [9.17, 15) is 0 Å². The molecule has 0 amide bonds. The summed E-state index contributed by atoms with van der Waals surface area (Å²) in [5.74, 6) is 0. The molecule has 14 heavy (non-hydrogen) atoms. The van der Waals surface area contributed by atoms with E-state index < -0.39 is 0 Å². The van der Waals surface area contributed by atoms with Crippen LogP contribution in [0.5, 0.6) is 0 Å². The number of hydrogen-bond acceptors (Lipinski definition) is 0. The van der Waals surface area contributed by atoms with E-state index in [1.165, 1.54) is 37.8 Å². The standard InChI is InChI=1S/C13H19N/c1-11-7-4-5-8-12(11)13-9-3-2-6-10-14-13/h4-5,7-8,13-14H,2-3,6,9-10H2,1H3/p+1/t13-/m1/s1. The summed E-state index contributed by atoms with van der Waals surface area (Å²) in [5.41, 5.74) is 3.00. The van der Waals surface area contributed by atoms with Gasteiger partial charge in [-0.2, -0.15) is 0 Å². The quantitative estimate of drug-likeness (QED) is 0.699. The van der Waals surface area contributed by atoms with Crippen LogP contribution >= 0.6 is 0 Å². The molecule has 0 spiro atoms. The second kappa shape index (κ2) is 4.61. The van der Waals surface area contributed by atoms with Gasteiger partial charge in [-0.1, -0.05) is 24.3 Å². The first kappa shape index (κ1) is 9.72. The SMILES string of the molecule is Cc1ccccc1[C@H]1CCCCC[NH2+]1. The maximum absolute atomic E-state index is 2.52. The first-order chi connectivity index (χ1) is 6.88. The minimum Gasteiger partial charge on any atom is -0.340 e. The Morgan fingerprint density at radius 3 is 2.86 bits per heavy atom. The third kappa shape index (κ3) is 2.16. The van der Waals surface area contributed by atoms with Crippen molar-refractivity contribution in [1.29, 1.82) is 0 Å². The van der Waals surface area contributed by atoms with E-state index in [0.29, 0.717) is 0 Å². The van der Waals surface area contributed by atoms with E-state index in [-0.39, 0.29) is 0 Å². The summed E-state index contributed by atoms with van der Waals surface area (Å²) in [6.45, 7) is 3.53. The van der Waals surface area contributed by atoms with Gasteiger partial charge in [0.25, 0.3) is 0 Å². The molecule has 1 atom stereocenters. The fourth-order valence-corrected chi connectivity index (χ4v) is 2.41. The van der Waals surface area contributed by atoms with Crippen LogP contribution in [0.1, 0.15) is 42.9 Å². The van der Waals surface area contributed by atoms with Gasteiger partial charge < -0.3 is 5.32 Å². The van der Waals surface area contributed by atoms with Gasteiger partial charge in [0, 0.05) is 12.0 Å². The van der Waals surface area contributed by atoms with Gasteiger partial charge in [-0.05, 0) is 31.7 Å². The summed E-state index contributed by atoms with van der Waals surface area (Å²) in [7, 11) is 0. The van der Waals surface area contributed by atoms with Gasteiger partial charge in [-0.3, -0.25) is 0 Å². The molecule has 1 aliphatic rings. The molecule has 0 aliphatic carbocycles. The first-order valence-corrected chi connectivity index (χ1v) is 5.77. The van der Waals surface area contributed by atoms with Gasteiger partial charge in [0.15, 0.2) is 0 Å². The van der Waals surface area contributed by atoms with Crippen LogP contribution in [0.4, 0.5) is 0 Å². The van der Waals surface area contributed by atoms with Crippen LogP contribution in [0.25, 0.3) is 0 Å². The summed E-state index contributed by atoms with van der Waals surface area (Å²) in [5, 5.41) is 2.52. The Bertz CT molecular complexity index is 285. The number of quaternary nitrogens is 1. The van der Waals surface area contributed by atoms with Crippen LogP contribution in [-0.2, 0) is 0 Å². The normalized spacial score (nSPS) is 23.1. The molecule has 2 N–H and O–H groups in total. The van der Waals surface area contributed by atoms with Crippen molar-refractivity contribution in [3.63, 3.8) is 0 Å². The zero-order valence-electron chi connectivity index (χ0n) is 9.00. The first-order valence-electron chi connectivity index (χ1n) is 5.77. The number of rotatable bonds is 1. The predicted octanol–water partition coefficient (Wildman–Crippen LogP) is 2.17. The van der Waals surface area contributed by atoms with E-state index in [2.05, 4.69) is 36.5 Å². The van der Waals surface area contributed by atoms with E-state index >= 15 is 0 Å². The molecule has 0 aromatic heterocycles. The third-order valence-electron chi connectivity index (χ3n) is 3.26. The van der Waals surface area contributed by atoms with Crippen LogP contribution in [0.2, 0.25) is 0 Å². The fourth-order valence-electron chi connectivity index (χ4n) is 2.41. The zero-order valence-corrected chi connectivity index (χ0v) is 9.00. The summed E-state index contributed by atoms with van der Waals surface area (Å²) in [4.78, 5) is 0. The van der Waals surface area contributed by atoms with Crippen LogP contribution in [0.3, 0.4) is 0 Å². The topological polar surface area (TPSA) is 16.6 Å². The molecule has 1 aromatic rings. The highest BCUT2D eigenvalue weighted by Gasteiger charge is 2.17. The van der Waals surface area contributed by atoms with Gasteiger partial charge in [-0.15, -0.1) is 0 Å². The molecule has 76 valence electrons. The number of benzene rings is 1. The Kier molecular flexibility index (Phi) is 3.20. The third-order valence-corrected chi connectivity index (χ3v) is 3.26. The minimum absolute atomic E-state index is 0.721. The van der Waals surface area contributed by atoms with Crippen LogP contribution < -0.4 is 5.32 Å². The van der Waals surface area contributed by atoms with Crippen LogP contribution in [0.15, 0.2) is 24.3 Å². The van der Waals surface area contributed by atoms with Gasteiger partial charge in [-0.25, -0.2) is 0 Å². The smallest absolute Gasteiger partial charge is 0.112 e. The predicted molar refractivity (Wildman–Crippen MR) is 59.2 cm³/mol. The molecule has 0 radical (unpaired) electrons. The highest BCUT2D eigenvalue weighted by molar-refractivity contribution is 5.27. The van der Waals surface area contributed by atoms with Crippen LogP contribution in [-0.4, -0.2) is 6.54 Å². The van der Waals surface area contributed by atoms with E-state index in [1.54, 1.807) is 5.56 Å². The Labute approximate surface area is 86.5 Å². The number of hydrogen-bond donors (Lipinski definition) is 1. The second-order valence-electron chi connectivity index (χ2n) is 4.34. The maximum atomic E-state index is 2.52. The summed E-state index contributed by atoms with van der Waals surface area (Å²) >= 11 is 0. The Morgan fingerprint density at radius 2 is 2.00 bits per heavy atom. The van der Waals surface area contributed by atoms with Gasteiger partial charge in [0.05, 0.1) is 6.54 Å². The Morgan fingerprint density at radius 1 is 1.14 bits per heavy atom. The van der Waals surface area contributed by atoms with Crippen molar-refractivity contribution in [2.24, 2.45) is 0 Å². The molecule has 1 aromatic carbocycles. The van der Waals surface area contributed by atoms with Gasteiger partial charge in [0.1, 0.15) is 6.04 Å². The molecular formula is C13H20N+. The Hall–Kier alpha value is -0.820. The van der Waals surface area contributed by atoms with Crippen LogP contribution in [0, 0.1) is 6.92 Å². The van der Waals surface area contributed by atoms with Crippen molar-refractivity contribution in [3.8, 4) is 0 Å². The van der Waals surface area contributed by atoms with E-state index in [1.807, 2.05) is 0 Å². The number of nitrogens with two attached hydrogens (primary N) is 1. The lowest BCUT2D eigenvalue weighted by atomic mass is 9.98. The lowest BCUT2D eigenvalue weighted by molar-refractivity contribution is -0.694. The highest BCUT2D eigenvalue weighted by Crippen LogP contribution is 2.20. The molecule has 1 saturated heterocycles. The van der Waals surface area contributed by atoms with Crippen molar-refractivity contribution >= 4 is 0 Å². The monoisotopic (exact) mass is 190 g/mol. The van der Waals surface area contributed by atoms with Crippen molar-refractivity contribution in [2.45, 2.75) is 38.6 Å². The average molecular weight is 190 g/mol. The van der Waals surface area contributed by atoms with Crippen molar-refractivity contribution < 1.29 is 5.32 Å². The fraction of sp³-hybridized carbons (Fsp3) is 0.538. The molecule has 1 fully saturated rings. The molecule has 1 heteroatoms. The number of aryl methyl sites for hydroxylation is 1. The summed E-state index contributed by atoms with van der Waals surface area (Å²) in [6, 6.07) is 9.55. The van der Waals surface area contributed by atoms with Crippen molar-refractivity contribution in [1.82, 2.24) is 0 Å². The zero-order chi connectivity index (χ0) is 9.80. The molecule has 0 bridgehead atoms. The highest BCUT2D eigenvalue weighted by atomic mass is 14.9. The molecule has 2 rings (SSSR count). The lowest BCUT2D eigenvalue weighted by Gasteiger charge is -2.14. The minimum atomic E-state index is 0.721. The Balaban J connectivity index is 2.16. The maximum Gasteiger partial charge on any atom is 0.112 e. The van der Waals surface area contributed by atoms with Gasteiger partial charge >= 0.3 is 0 Å². The largest absolute Gasteiger partial charge is 0.340 e. The molecule has 1 nitrogen and oxygen atoms in total. The van der Waals surface area contributed by atoms with Crippen molar-refractivity contribution in [3.05, 3.63) is 35.4 Å². The molecule has 0 unspecified atom stereocenters. The second-order valence-corrected chi connectivity index (χ2v) is 4.34. The van der Waals surface area contributed by atoms with E-state index in [0.717, 1.165) is 6.04 Å². The van der Waals surface area contributed by atoms with Crippen molar-refractivity contribution in [2.75, 3.05) is 6.54 Å². The molecule has 0 saturated carbocycles. The van der Waals surface area contributed by atoms with Gasteiger partial charge in [0.2, 0.25) is 0 Å². The van der Waals surface area contributed by atoms with E-state index in [4.69, 9.17) is 0 Å². The summed E-state index contributed by atoms with van der Waals surface area (Å²) in [6.07, 6.45) is 5.56.